The SMILES string of the molecule is Cc1cc(C)n(-c2cccc(CC(=O)N3C(=O)NCC3Cc3ccccc3)c2)n1. The summed E-state index contributed by atoms with van der Waals surface area (Å²) in [6, 6.07) is 19.2. The smallest absolute Gasteiger partial charge is 0.324 e. The number of imide groups is 1. The zero-order chi connectivity index (χ0) is 20.4. The lowest BCUT2D eigenvalue weighted by atomic mass is 10.0. The number of rotatable bonds is 5. The molecule has 0 radical (unpaired) electrons. The minimum atomic E-state index is -0.314. The van der Waals surface area contributed by atoms with Crippen LogP contribution in [0.25, 0.3) is 5.69 Å². The molecule has 0 spiro atoms. The van der Waals surface area contributed by atoms with Crippen LogP contribution in [0.2, 0.25) is 0 Å². The van der Waals surface area contributed by atoms with E-state index < -0.39 is 0 Å². The van der Waals surface area contributed by atoms with Gasteiger partial charge in [-0.1, -0.05) is 42.5 Å². The van der Waals surface area contributed by atoms with Gasteiger partial charge in [-0.25, -0.2) is 9.48 Å². The molecule has 1 fully saturated rings. The molecular formula is C23H24N4O2. The number of aromatic nitrogens is 2. The maximum Gasteiger partial charge on any atom is 0.324 e. The molecule has 1 atom stereocenters. The van der Waals surface area contributed by atoms with Crippen molar-refractivity contribution in [3.63, 3.8) is 0 Å². The Morgan fingerprint density at radius 2 is 1.83 bits per heavy atom. The van der Waals surface area contributed by atoms with Crippen molar-refractivity contribution in [3.8, 4) is 5.69 Å². The fraction of sp³-hybridized carbons (Fsp3) is 0.261. The molecule has 4 rings (SSSR count). The lowest BCUT2D eigenvalue weighted by Crippen LogP contribution is -2.41. The average molecular weight is 388 g/mol. The second-order valence-electron chi connectivity index (χ2n) is 7.48. The number of hydrogen-bond donors (Lipinski definition) is 1. The van der Waals surface area contributed by atoms with Gasteiger partial charge in [-0.3, -0.25) is 9.69 Å². The number of hydrogen-bond acceptors (Lipinski definition) is 3. The first-order valence-electron chi connectivity index (χ1n) is 9.77. The standard InChI is InChI=1S/C23H24N4O2/c1-16-11-17(2)27(25-16)20-10-6-9-19(13-20)14-22(28)26-21(15-24-23(26)29)12-18-7-4-3-5-8-18/h3-11,13,21H,12,14-15H2,1-2H3,(H,24,29). The normalized spacial score (nSPS) is 16.1. The Kier molecular flexibility index (Phi) is 5.16. The van der Waals surface area contributed by atoms with Crippen LogP contribution in [0.4, 0.5) is 4.79 Å². The monoisotopic (exact) mass is 388 g/mol. The second-order valence-corrected chi connectivity index (χ2v) is 7.48. The molecule has 6 nitrogen and oxygen atoms in total. The molecule has 0 aliphatic carbocycles. The van der Waals surface area contributed by atoms with Crippen LogP contribution in [0.3, 0.4) is 0 Å². The van der Waals surface area contributed by atoms with E-state index in [-0.39, 0.29) is 24.4 Å². The van der Waals surface area contributed by atoms with Crippen LogP contribution in [0, 0.1) is 13.8 Å². The summed E-state index contributed by atoms with van der Waals surface area (Å²) < 4.78 is 1.87. The van der Waals surface area contributed by atoms with E-state index in [1.807, 2.05) is 79.2 Å². The molecule has 1 unspecified atom stereocenters. The van der Waals surface area contributed by atoms with Crippen molar-refractivity contribution in [2.24, 2.45) is 0 Å². The van der Waals surface area contributed by atoms with E-state index in [4.69, 9.17) is 0 Å². The van der Waals surface area contributed by atoms with Gasteiger partial charge in [-0.05, 0) is 49.6 Å². The summed E-state index contributed by atoms with van der Waals surface area (Å²) in [4.78, 5) is 26.7. The van der Waals surface area contributed by atoms with E-state index in [1.165, 1.54) is 4.90 Å². The highest BCUT2D eigenvalue weighted by Gasteiger charge is 2.35. The van der Waals surface area contributed by atoms with Crippen LogP contribution < -0.4 is 5.32 Å². The predicted molar refractivity (Wildman–Crippen MR) is 111 cm³/mol. The van der Waals surface area contributed by atoms with Gasteiger partial charge in [0.2, 0.25) is 5.91 Å². The molecule has 3 aromatic rings. The minimum Gasteiger partial charge on any atom is -0.336 e. The van der Waals surface area contributed by atoms with Gasteiger partial charge in [0.05, 0.1) is 23.8 Å². The number of nitrogens with one attached hydrogen (secondary N) is 1. The van der Waals surface area contributed by atoms with Crippen LogP contribution in [0.5, 0.6) is 0 Å². The number of benzene rings is 2. The Morgan fingerprint density at radius 3 is 2.55 bits per heavy atom. The summed E-state index contributed by atoms with van der Waals surface area (Å²) in [5.41, 5.74) is 4.86. The summed E-state index contributed by atoms with van der Waals surface area (Å²) in [7, 11) is 0. The molecule has 1 aliphatic heterocycles. The first kappa shape index (κ1) is 18.9. The molecule has 3 amide bonds. The number of carbonyl (C=O) groups is 2. The molecular weight excluding hydrogens is 364 g/mol. The Bertz CT molecular complexity index is 1040. The Hall–Kier alpha value is -3.41. The van der Waals surface area contributed by atoms with Crippen molar-refractivity contribution >= 4 is 11.9 Å². The summed E-state index contributed by atoms with van der Waals surface area (Å²) in [5.74, 6) is -0.188. The quantitative estimate of drug-likeness (QED) is 0.730. The highest BCUT2D eigenvalue weighted by molar-refractivity contribution is 5.97. The van der Waals surface area contributed by atoms with Crippen molar-refractivity contribution < 1.29 is 9.59 Å². The summed E-state index contributed by atoms with van der Waals surface area (Å²) >= 11 is 0. The molecule has 29 heavy (non-hydrogen) atoms. The summed E-state index contributed by atoms with van der Waals surface area (Å²) in [5, 5.41) is 7.31. The first-order chi connectivity index (χ1) is 14.0. The third-order valence-electron chi connectivity index (χ3n) is 5.18. The largest absolute Gasteiger partial charge is 0.336 e. The van der Waals surface area contributed by atoms with Gasteiger partial charge in [0, 0.05) is 12.2 Å². The molecule has 2 aromatic carbocycles. The third-order valence-corrected chi connectivity index (χ3v) is 5.18. The molecule has 1 saturated heterocycles. The van der Waals surface area contributed by atoms with Crippen LogP contribution in [0.1, 0.15) is 22.5 Å². The molecule has 2 heterocycles. The molecule has 1 aliphatic rings. The highest BCUT2D eigenvalue weighted by atomic mass is 16.2. The van der Waals surface area contributed by atoms with Crippen molar-refractivity contribution in [1.29, 1.82) is 0 Å². The van der Waals surface area contributed by atoms with Crippen LogP contribution in [-0.4, -0.2) is 39.2 Å². The molecule has 6 heteroatoms. The van der Waals surface area contributed by atoms with E-state index in [2.05, 4.69) is 10.4 Å². The van der Waals surface area contributed by atoms with Gasteiger partial charge >= 0.3 is 6.03 Å². The Labute approximate surface area is 170 Å². The van der Waals surface area contributed by atoms with Gasteiger partial charge in [0.25, 0.3) is 0 Å². The zero-order valence-corrected chi connectivity index (χ0v) is 16.6. The topological polar surface area (TPSA) is 67.2 Å². The van der Waals surface area contributed by atoms with Crippen molar-refractivity contribution in [1.82, 2.24) is 20.0 Å². The van der Waals surface area contributed by atoms with Gasteiger partial charge in [-0.2, -0.15) is 5.10 Å². The molecule has 148 valence electrons. The highest BCUT2D eigenvalue weighted by Crippen LogP contribution is 2.18. The van der Waals surface area contributed by atoms with E-state index in [0.29, 0.717) is 13.0 Å². The second kappa shape index (κ2) is 7.91. The predicted octanol–water partition coefficient (Wildman–Crippen LogP) is 3.19. The van der Waals surface area contributed by atoms with E-state index >= 15 is 0 Å². The molecule has 1 aromatic heterocycles. The van der Waals surface area contributed by atoms with Crippen molar-refractivity contribution in [2.75, 3.05) is 6.54 Å². The van der Waals surface area contributed by atoms with Crippen LogP contribution >= 0.6 is 0 Å². The Balaban J connectivity index is 1.51. The van der Waals surface area contributed by atoms with Crippen molar-refractivity contribution in [3.05, 3.63) is 83.2 Å². The molecule has 0 bridgehead atoms. The number of nitrogens with zero attached hydrogens (tertiary/aromatic N) is 3. The van der Waals surface area contributed by atoms with Crippen LogP contribution in [-0.2, 0) is 17.6 Å². The van der Waals surface area contributed by atoms with E-state index in [9.17, 15) is 9.59 Å². The fourth-order valence-corrected chi connectivity index (χ4v) is 3.86. The average Bonchev–Trinajstić information content (AvgIpc) is 3.24. The number of urea groups is 1. The zero-order valence-electron chi connectivity index (χ0n) is 16.6. The van der Waals surface area contributed by atoms with Crippen molar-refractivity contribution in [2.45, 2.75) is 32.7 Å². The van der Waals surface area contributed by atoms with Crippen LogP contribution in [0.15, 0.2) is 60.7 Å². The molecule has 0 saturated carbocycles. The van der Waals surface area contributed by atoms with Gasteiger partial charge in [0.1, 0.15) is 0 Å². The van der Waals surface area contributed by atoms with Gasteiger partial charge in [-0.15, -0.1) is 0 Å². The first-order valence-corrected chi connectivity index (χ1v) is 9.77. The number of aryl methyl sites for hydroxylation is 2. The van der Waals surface area contributed by atoms with Gasteiger partial charge < -0.3 is 5.32 Å². The lowest BCUT2D eigenvalue weighted by molar-refractivity contribution is -0.128. The number of carbonyl (C=O) groups excluding carboxylic acids is 2. The fourth-order valence-electron chi connectivity index (χ4n) is 3.86. The van der Waals surface area contributed by atoms with E-state index in [0.717, 1.165) is 28.2 Å². The molecule has 1 N–H and O–H groups in total. The maximum atomic E-state index is 13.0. The summed E-state index contributed by atoms with van der Waals surface area (Å²) in [6.07, 6.45) is 0.822. The third kappa shape index (κ3) is 4.06. The van der Waals surface area contributed by atoms with E-state index in [1.54, 1.807) is 0 Å². The van der Waals surface area contributed by atoms with Gasteiger partial charge in [0.15, 0.2) is 0 Å². The summed E-state index contributed by atoms with van der Waals surface area (Å²) in [6.45, 7) is 4.43. The Morgan fingerprint density at radius 1 is 1.07 bits per heavy atom. The maximum absolute atomic E-state index is 13.0. The number of amides is 3. The minimum absolute atomic E-state index is 0.170. The lowest BCUT2D eigenvalue weighted by Gasteiger charge is -2.21.